The fraction of sp³-hybridized carbons (Fsp3) is 0.500. The molecule has 0 heterocycles. The lowest BCUT2D eigenvalue weighted by Crippen LogP contribution is -2.03. The third-order valence-electron chi connectivity index (χ3n) is 2.75. The molecule has 2 heteroatoms. The second kappa shape index (κ2) is 10.4. The van der Waals surface area contributed by atoms with E-state index in [-0.39, 0.29) is 0 Å². The van der Waals surface area contributed by atoms with Crippen LogP contribution in [0.1, 0.15) is 44.6 Å². The van der Waals surface area contributed by atoms with Gasteiger partial charge in [0, 0.05) is 16.7 Å². The Bertz CT molecular complexity index is 364. The van der Waals surface area contributed by atoms with Gasteiger partial charge in [-0.05, 0) is 23.8 Å². The molecule has 0 radical (unpaired) electrons. The number of unbranched alkanes of at least 4 members (excludes halogenated alkanes) is 3. The van der Waals surface area contributed by atoms with Gasteiger partial charge in [-0.25, -0.2) is 0 Å². The number of hydrogen-bond acceptors (Lipinski definition) is 1. The molecule has 1 aromatic carbocycles. The summed E-state index contributed by atoms with van der Waals surface area (Å²) in [7, 11) is 0. The van der Waals surface area contributed by atoms with Crippen LogP contribution in [0, 0.1) is 11.2 Å². The van der Waals surface area contributed by atoms with Gasteiger partial charge in [-0.2, -0.15) is 0 Å². The molecule has 0 aliphatic carbocycles. The zero-order valence-electron chi connectivity index (χ0n) is 11.0. The standard InChI is InChI=1S/C16H21ClS/c1-2-3-4-8-11-16(14-17)18-13-12-15-9-6-5-7-10-15/h5-7,9-10,16H,2-4,8,11,14H2,1H3. The summed E-state index contributed by atoms with van der Waals surface area (Å²) in [6.45, 7) is 2.24. The molecule has 0 aliphatic rings. The normalized spacial score (nSPS) is 11.7. The average molecular weight is 281 g/mol. The Labute approximate surface area is 121 Å². The lowest BCUT2D eigenvalue weighted by molar-refractivity contribution is 0.632. The maximum Gasteiger partial charge on any atom is 0.0352 e. The van der Waals surface area contributed by atoms with Gasteiger partial charge in [0.2, 0.25) is 0 Å². The molecular weight excluding hydrogens is 260 g/mol. The Morgan fingerprint density at radius 1 is 1.17 bits per heavy atom. The molecule has 1 unspecified atom stereocenters. The van der Waals surface area contributed by atoms with E-state index in [1.165, 1.54) is 32.1 Å². The zero-order chi connectivity index (χ0) is 13.1. The van der Waals surface area contributed by atoms with Gasteiger partial charge in [0.05, 0.1) is 0 Å². The fourth-order valence-corrected chi connectivity index (χ4v) is 2.69. The summed E-state index contributed by atoms with van der Waals surface area (Å²) < 4.78 is 0. The Morgan fingerprint density at radius 3 is 2.61 bits per heavy atom. The van der Waals surface area contributed by atoms with Crippen molar-refractivity contribution in [2.24, 2.45) is 0 Å². The van der Waals surface area contributed by atoms with Gasteiger partial charge >= 0.3 is 0 Å². The van der Waals surface area contributed by atoms with Crippen molar-refractivity contribution in [3.63, 3.8) is 0 Å². The minimum atomic E-state index is 0.472. The van der Waals surface area contributed by atoms with Gasteiger partial charge in [0.25, 0.3) is 0 Å². The van der Waals surface area contributed by atoms with E-state index in [2.05, 4.69) is 18.1 Å². The molecule has 98 valence electrons. The van der Waals surface area contributed by atoms with Crippen LogP contribution >= 0.6 is 23.4 Å². The first-order chi connectivity index (χ1) is 8.86. The maximum absolute atomic E-state index is 5.97. The molecule has 0 aromatic heterocycles. The molecule has 0 amide bonds. The monoisotopic (exact) mass is 280 g/mol. The molecular formula is C16H21ClS. The van der Waals surface area contributed by atoms with Gasteiger partial charge in [-0.3, -0.25) is 0 Å². The van der Waals surface area contributed by atoms with Gasteiger partial charge in [-0.1, -0.05) is 68.5 Å². The van der Waals surface area contributed by atoms with Crippen LogP contribution in [-0.4, -0.2) is 11.1 Å². The van der Waals surface area contributed by atoms with Crippen LogP contribution in [-0.2, 0) is 0 Å². The number of halogens is 1. The number of benzene rings is 1. The number of rotatable bonds is 7. The summed E-state index contributed by atoms with van der Waals surface area (Å²) in [5.41, 5.74) is 1.07. The van der Waals surface area contributed by atoms with E-state index in [1.807, 2.05) is 30.3 Å². The van der Waals surface area contributed by atoms with Crippen LogP contribution in [0.2, 0.25) is 0 Å². The Morgan fingerprint density at radius 2 is 1.94 bits per heavy atom. The molecule has 0 saturated heterocycles. The second-order valence-electron chi connectivity index (χ2n) is 4.34. The predicted octanol–water partition coefficient (Wildman–Crippen LogP) is 5.31. The van der Waals surface area contributed by atoms with E-state index in [0.29, 0.717) is 11.1 Å². The van der Waals surface area contributed by atoms with Crippen LogP contribution in [0.5, 0.6) is 0 Å². The molecule has 0 saturated carbocycles. The number of alkyl halides is 1. The zero-order valence-corrected chi connectivity index (χ0v) is 12.6. The molecule has 18 heavy (non-hydrogen) atoms. The first-order valence-electron chi connectivity index (χ1n) is 6.64. The van der Waals surface area contributed by atoms with Crippen LogP contribution < -0.4 is 0 Å². The quantitative estimate of drug-likeness (QED) is 0.371. The average Bonchev–Trinajstić information content (AvgIpc) is 2.42. The molecule has 0 bridgehead atoms. The van der Waals surface area contributed by atoms with Crippen molar-refractivity contribution in [2.45, 2.75) is 44.3 Å². The van der Waals surface area contributed by atoms with Crippen molar-refractivity contribution in [1.29, 1.82) is 0 Å². The summed E-state index contributed by atoms with van der Waals surface area (Å²) in [5, 5.41) is 3.65. The minimum absolute atomic E-state index is 0.472. The van der Waals surface area contributed by atoms with Crippen molar-refractivity contribution < 1.29 is 0 Å². The third-order valence-corrected chi connectivity index (χ3v) is 4.26. The summed E-state index contributed by atoms with van der Waals surface area (Å²) in [4.78, 5) is 0. The van der Waals surface area contributed by atoms with E-state index in [0.717, 1.165) is 5.56 Å². The lowest BCUT2D eigenvalue weighted by Gasteiger charge is -2.08. The van der Waals surface area contributed by atoms with E-state index < -0.39 is 0 Å². The van der Waals surface area contributed by atoms with E-state index >= 15 is 0 Å². The van der Waals surface area contributed by atoms with Crippen molar-refractivity contribution in [2.75, 3.05) is 5.88 Å². The highest BCUT2D eigenvalue weighted by atomic mass is 35.5. The molecule has 0 N–H and O–H groups in total. The first kappa shape index (κ1) is 15.5. The fourth-order valence-electron chi connectivity index (χ4n) is 1.66. The van der Waals surface area contributed by atoms with E-state index in [9.17, 15) is 0 Å². The molecule has 1 rings (SSSR count). The third kappa shape index (κ3) is 6.99. The van der Waals surface area contributed by atoms with Crippen molar-refractivity contribution in [3.05, 3.63) is 35.9 Å². The van der Waals surface area contributed by atoms with Gasteiger partial charge in [-0.15, -0.1) is 11.6 Å². The van der Waals surface area contributed by atoms with Gasteiger partial charge in [0.15, 0.2) is 0 Å². The largest absolute Gasteiger partial charge is 0.125 e. The van der Waals surface area contributed by atoms with Crippen molar-refractivity contribution >= 4 is 23.4 Å². The summed E-state index contributed by atoms with van der Waals surface area (Å²) in [6.07, 6.45) is 6.38. The van der Waals surface area contributed by atoms with E-state index in [4.69, 9.17) is 11.6 Å². The summed E-state index contributed by atoms with van der Waals surface area (Å²) in [6, 6.07) is 10.1. The minimum Gasteiger partial charge on any atom is -0.125 e. The predicted molar refractivity (Wildman–Crippen MR) is 84.2 cm³/mol. The summed E-state index contributed by atoms with van der Waals surface area (Å²) >= 11 is 7.65. The summed E-state index contributed by atoms with van der Waals surface area (Å²) in [5.74, 6) is 3.86. The van der Waals surface area contributed by atoms with Crippen LogP contribution in [0.3, 0.4) is 0 Å². The Balaban J connectivity index is 2.29. The lowest BCUT2D eigenvalue weighted by atomic mass is 10.1. The van der Waals surface area contributed by atoms with Gasteiger partial charge < -0.3 is 0 Å². The van der Waals surface area contributed by atoms with Crippen LogP contribution in [0.25, 0.3) is 0 Å². The van der Waals surface area contributed by atoms with Gasteiger partial charge in [0.1, 0.15) is 0 Å². The Kier molecular flexibility index (Phi) is 8.90. The first-order valence-corrected chi connectivity index (χ1v) is 8.06. The molecule has 1 aromatic rings. The topological polar surface area (TPSA) is 0 Å². The smallest absolute Gasteiger partial charge is 0.0352 e. The van der Waals surface area contributed by atoms with Crippen molar-refractivity contribution in [1.82, 2.24) is 0 Å². The molecule has 1 atom stereocenters. The van der Waals surface area contributed by atoms with Crippen molar-refractivity contribution in [3.8, 4) is 11.2 Å². The van der Waals surface area contributed by atoms with Crippen LogP contribution in [0.4, 0.5) is 0 Å². The molecule has 0 nitrogen and oxygen atoms in total. The maximum atomic E-state index is 5.97. The molecule has 0 fully saturated rings. The molecule has 0 spiro atoms. The highest BCUT2D eigenvalue weighted by Gasteiger charge is 2.05. The highest BCUT2D eigenvalue weighted by molar-refractivity contribution is 8.04. The highest BCUT2D eigenvalue weighted by Crippen LogP contribution is 2.18. The van der Waals surface area contributed by atoms with Crippen LogP contribution in [0.15, 0.2) is 30.3 Å². The van der Waals surface area contributed by atoms with E-state index in [1.54, 1.807) is 11.8 Å². The number of thioether (sulfide) groups is 1. The Hall–Kier alpha value is -0.580. The SMILES string of the molecule is CCCCCCC(CCl)SC#Cc1ccccc1. The molecule has 0 aliphatic heterocycles. The number of hydrogen-bond donors (Lipinski definition) is 0. The second-order valence-corrected chi connectivity index (χ2v) is 5.75.